The van der Waals surface area contributed by atoms with E-state index in [0.717, 1.165) is 4.90 Å². The molecule has 0 atom stereocenters. The molecule has 6 nitrogen and oxygen atoms in total. The smallest absolute Gasteiger partial charge is 0.325 e. The second kappa shape index (κ2) is 7.14. The lowest BCUT2D eigenvalue weighted by atomic mass is 10.2. The highest BCUT2D eigenvalue weighted by atomic mass is 19.1. The van der Waals surface area contributed by atoms with E-state index >= 15 is 0 Å². The highest BCUT2D eigenvalue weighted by molar-refractivity contribution is 6.15. The van der Waals surface area contributed by atoms with Crippen LogP contribution in [-0.2, 0) is 9.59 Å². The van der Waals surface area contributed by atoms with E-state index in [-0.39, 0.29) is 5.70 Å². The first kappa shape index (κ1) is 17.3. The molecule has 1 aliphatic heterocycles. The molecule has 1 heterocycles. The number of carbonyl (C=O) groups is 3. The molecule has 3 rings (SSSR count). The molecule has 2 N–H and O–H groups in total. The minimum atomic E-state index is -0.738. The van der Waals surface area contributed by atoms with E-state index < -0.39 is 36.0 Å². The Kier molecular flexibility index (Phi) is 4.74. The molecule has 26 heavy (non-hydrogen) atoms. The predicted molar refractivity (Wildman–Crippen MR) is 89.7 cm³/mol. The van der Waals surface area contributed by atoms with Gasteiger partial charge in [-0.2, -0.15) is 0 Å². The number of hydrogen-bond donors (Lipinski definition) is 2. The molecule has 0 radical (unpaired) electrons. The van der Waals surface area contributed by atoms with Crippen molar-refractivity contribution in [1.82, 2.24) is 10.2 Å². The Hall–Kier alpha value is -3.55. The van der Waals surface area contributed by atoms with Crippen molar-refractivity contribution >= 4 is 29.6 Å². The fraction of sp³-hybridized carbons (Fsp3) is 0.0556. The molecule has 0 spiro atoms. The molecule has 1 fully saturated rings. The number of hydrogen-bond acceptors (Lipinski definition) is 3. The van der Waals surface area contributed by atoms with Crippen molar-refractivity contribution in [3.8, 4) is 0 Å². The summed E-state index contributed by atoms with van der Waals surface area (Å²) in [7, 11) is 0. The summed E-state index contributed by atoms with van der Waals surface area (Å²) < 4.78 is 25.8. The molecular formula is C18H13F2N3O3. The van der Waals surface area contributed by atoms with Crippen LogP contribution in [0.15, 0.2) is 54.2 Å². The first-order valence-electron chi connectivity index (χ1n) is 7.58. The molecule has 4 amide bonds. The van der Waals surface area contributed by atoms with Gasteiger partial charge in [-0.1, -0.05) is 12.1 Å². The second-order valence-electron chi connectivity index (χ2n) is 5.49. The maximum atomic E-state index is 12.9. The molecule has 0 bridgehead atoms. The van der Waals surface area contributed by atoms with E-state index in [0.29, 0.717) is 11.3 Å². The molecule has 8 heteroatoms. The number of imide groups is 1. The zero-order valence-electron chi connectivity index (χ0n) is 13.3. The Balaban J connectivity index is 1.67. The molecule has 0 saturated carbocycles. The molecule has 0 aromatic heterocycles. The van der Waals surface area contributed by atoms with Gasteiger partial charge < -0.3 is 10.6 Å². The van der Waals surface area contributed by atoms with Gasteiger partial charge in [0.1, 0.15) is 23.9 Å². The van der Waals surface area contributed by atoms with Gasteiger partial charge in [0.05, 0.1) is 0 Å². The zero-order valence-corrected chi connectivity index (χ0v) is 13.3. The predicted octanol–water partition coefficient (Wildman–Crippen LogP) is 2.50. The summed E-state index contributed by atoms with van der Waals surface area (Å²) in [5.41, 5.74) is 0.842. The number of rotatable bonds is 4. The molecule has 132 valence electrons. The number of nitrogens with zero attached hydrogens (tertiary/aromatic N) is 1. The fourth-order valence-corrected chi connectivity index (χ4v) is 2.32. The monoisotopic (exact) mass is 357 g/mol. The Labute approximate surface area is 147 Å². The number of carbonyl (C=O) groups excluding carboxylic acids is 3. The van der Waals surface area contributed by atoms with Crippen LogP contribution in [0.5, 0.6) is 0 Å². The number of halogens is 2. The van der Waals surface area contributed by atoms with Gasteiger partial charge in [0.25, 0.3) is 5.91 Å². The molecule has 2 aromatic carbocycles. The van der Waals surface area contributed by atoms with E-state index in [2.05, 4.69) is 10.6 Å². The van der Waals surface area contributed by atoms with Crippen molar-refractivity contribution in [3.05, 3.63) is 71.4 Å². The largest absolute Gasteiger partial charge is 0.329 e. The summed E-state index contributed by atoms with van der Waals surface area (Å²) in [6.07, 6.45) is 1.39. The van der Waals surface area contributed by atoms with Crippen LogP contribution in [0.25, 0.3) is 6.08 Å². The Bertz CT molecular complexity index is 893. The third-order valence-electron chi connectivity index (χ3n) is 3.57. The van der Waals surface area contributed by atoms with Gasteiger partial charge in [-0.05, 0) is 48.0 Å². The zero-order chi connectivity index (χ0) is 18.7. The van der Waals surface area contributed by atoms with Crippen LogP contribution in [-0.4, -0.2) is 29.3 Å². The SMILES string of the molecule is O=C(CN1C(=O)N/C(=C\c2ccc(F)cc2)C1=O)Nc1ccc(F)cc1. The minimum absolute atomic E-state index is 0.0174. The van der Waals surface area contributed by atoms with Crippen molar-refractivity contribution in [2.24, 2.45) is 0 Å². The van der Waals surface area contributed by atoms with E-state index in [1.54, 1.807) is 0 Å². The van der Waals surface area contributed by atoms with Gasteiger partial charge in [-0.3, -0.25) is 9.59 Å². The number of amides is 4. The first-order chi connectivity index (χ1) is 12.4. The van der Waals surface area contributed by atoms with E-state index in [1.165, 1.54) is 54.6 Å². The van der Waals surface area contributed by atoms with Crippen LogP contribution in [0, 0.1) is 11.6 Å². The average Bonchev–Trinajstić information content (AvgIpc) is 2.86. The lowest BCUT2D eigenvalue weighted by Gasteiger charge is -2.11. The van der Waals surface area contributed by atoms with Crippen molar-refractivity contribution in [1.29, 1.82) is 0 Å². The molecular weight excluding hydrogens is 344 g/mol. The van der Waals surface area contributed by atoms with Gasteiger partial charge in [-0.15, -0.1) is 0 Å². The van der Waals surface area contributed by atoms with Crippen molar-refractivity contribution in [2.75, 3.05) is 11.9 Å². The lowest BCUT2D eigenvalue weighted by molar-refractivity contribution is -0.127. The number of benzene rings is 2. The van der Waals surface area contributed by atoms with E-state index in [1.807, 2.05) is 0 Å². The summed E-state index contributed by atoms with van der Waals surface area (Å²) in [6.45, 7) is -0.497. The van der Waals surface area contributed by atoms with Crippen LogP contribution in [0.4, 0.5) is 19.3 Å². The summed E-state index contributed by atoms with van der Waals surface area (Å²) in [4.78, 5) is 37.0. The Morgan fingerprint density at radius 2 is 1.58 bits per heavy atom. The third-order valence-corrected chi connectivity index (χ3v) is 3.57. The number of urea groups is 1. The van der Waals surface area contributed by atoms with E-state index in [4.69, 9.17) is 0 Å². The average molecular weight is 357 g/mol. The number of nitrogens with one attached hydrogen (secondary N) is 2. The van der Waals surface area contributed by atoms with Crippen LogP contribution in [0.1, 0.15) is 5.56 Å². The Morgan fingerprint density at radius 3 is 2.19 bits per heavy atom. The van der Waals surface area contributed by atoms with Crippen LogP contribution in [0.3, 0.4) is 0 Å². The summed E-state index contributed by atoms with van der Waals surface area (Å²) >= 11 is 0. The second-order valence-corrected chi connectivity index (χ2v) is 5.49. The Morgan fingerprint density at radius 1 is 1.00 bits per heavy atom. The van der Waals surface area contributed by atoms with Gasteiger partial charge in [0.2, 0.25) is 5.91 Å². The first-order valence-corrected chi connectivity index (χ1v) is 7.58. The normalized spacial score (nSPS) is 15.3. The standard InChI is InChI=1S/C18H13F2N3O3/c19-12-3-1-11(2-4-12)9-15-17(25)23(18(26)22-15)10-16(24)21-14-7-5-13(20)6-8-14/h1-9H,10H2,(H,21,24)(H,22,26)/b15-9-. The van der Waals surface area contributed by atoms with Gasteiger partial charge in [0.15, 0.2) is 0 Å². The van der Waals surface area contributed by atoms with Gasteiger partial charge in [-0.25, -0.2) is 18.5 Å². The molecule has 1 saturated heterocycles. The summed E-state index contributed by atoms with van der Waals surface area (Å²) in [5.74, 6) is -2.16. The van der Waals surface area contributed by atoms with Crippen LogP contribution in [0.2, 0.25) is 0 Å². The van der Waals surface area contributed by atoms with Crippen LogP contribution >= 0.6 is 0 Å². The van der Waals surface area contributed by atoms with Crippen molar-refractivity contribution in [2.45, 2.75) is 0 Å². The maximum Gasteiger partial charge on any atom is 0.329 e. The fourth-order valence-electron chi connectivity index (χ4n) is 2.32. The molecule has 1 aliphatic rings. The topological polar surface area (TPSA) is 78.5 Å². The van der Waals surface area contributed by atoms with Crippen molar-refractivity contribution < 1.29 is 23.2 Å². The molecule has 0 aliphatic carbocycles. The van der Waals surface area contributed by atoms with Crippen LogP contribution < -0.4 is 10.6 Å². The molecule has 2 aromatic rings. The van der Waals surface area contributed by atoms with Gasteiger partial charge in [0, 0.05) is 5.69 Å². The van der Waals surface area contributed by atoms with Gasteiger partial charge >= 0.3 is 6.03 Å². The highest BCUT2D eigenvalue weighted by Gasteiger charge is 2.34. The third kappa shape index (κ3) is 3.92. The molecule has 0 unspecified atom stereocenters. The lowest BCUT2D eigenvalue weighted by Crippen LogP contribution is -2.38. The number of anilines is 1. The van der Waals surface area contributed by atoms with E-state index in [9.17, 15) is 23.2 Å². The summed E-state index contributed by atoms with van der Waals surface area (Å²) in [6, 6.07) is 9.68. The minimum Gasteiger partial charge on any atom is -0.325 e. The quantitative estimate of drug-likeness (QED) is 0.652. The highest BCUT2D eigenvalue weighted by Crippen LogP contribution is 2.15. The summed E-state index contributed by atoms with van der Waals surface area (Å²) in [5, 5.41) is 4.84. The van der Waals surface area contributed by atoms with Crippen molar-refractivity contribution in [3.63, 3.8) is 0 Å². The maximum absolute atomic E-state index is 12.9.